The highest BCUT2D eigenvalue weighted by Gasteiger charge is 2.19. The Morgan fingerprint density at radius 2 is 0.478 bits per heavy atom. The minimum absolute atomic E-state index is 0.0698. The first-order chi connectivity index (χ1) is 34.0. The zero-order chi connectivity index (χ0) is 50.0. The lowest BCUT2D eigenvalue weighted by atomic mass is 10.0. The van der Waals surface area contributed by atoms with E-state index in [1.54, 1.807) is 0 Å². The Morgan fingerprint density at radius 1 is 0.275 bits per heavy atom. The number of carbonyl (C=O) groups is 3. The van der Waals surface area contributed by atoms with E-state index in [2.05, 4.69) is 45.1 Å². The highest BCUT2D eigenvalue weighted by Crippen LogP contribution is 2.17. The molecule has 0 heterocycles. The number of hydrogen-bond acceptors (Lipinski definition) is 6. The molecule has 0 rings (SSSR count). The van der Waals surface area contributed by atoms with Gasteiger partial charge in [0.2, 0.25) is 0 Å². The smallest absolute Gasteiger partial charge is 0.306 e. The molecule has 0 amide bonds. The van der Waals surface area contributed by atoms with Crippen LogP contribution in [-0.4, -0.2) is 37.2 Å². The standard InChI is InChI=1S/C63H118O6/c1-4-7-10-13-16-19-22-24-26-27-28-29-30-31-32-33-34-35-36-37-38-40-41-44-47-50-53-56-62(65)68-59-60(58-67-61(64)55-52-49-46-43-21-18-15-12-9-6-3)69-63(66)57-54-51-48-45-42-39-25-23-20-17-14-11-8-5-2/h23,25,27-28,60H,4-22,24,26,29-59H2,1-3H3/b25-23-,28-27-. The summed E-state index contributed by atoms with van der Waals surface area (Å²) in [5.41, 5.74) is 0. The van der Waals surface area contributed by atoms with Gasteiger partial charge in [-0.15, -0.1) is 0 Å². The van der Waals surface area contributed by atoms with Gasteiger partial charge in [0.05, 0.1) is 0 Å². The van der Waals surface area contributed by atoms with Crippen molar-refractivity contribution in [1.29, 1.82) is 0 Å². The predicted molar refractivity (Wildman–Crippen MR) is 298 cm³/mol. The molecule has 0 aromatic rings. The Bertz CT molecular complexity index is 1110. The summed E-state index contributed by atoms with van der Waals surface area (Å²) in [5, 5.41) is 0. The van der Waals surface area contributed by atoms with Crippen molar-refractivity contribution in [3.63, 3.8) is 0 Å². The molecule has 1 atom stereocenters. The third-order valence-electron chi connectivity index (χ3n) is 13.9. The Morgan fingerprint density at radius 3 is 0.725 bits per heavy atom. The first-order valence-corrected chi connectivity index (χ1v) is 30.8. The van der Waals surface area contributed by atoms with E-state index in [9.17, 15) is 14.4 Å². The Kier molecular flexibility index (Phi) is 56.7. The number of hydrogen-bond donors (Lipinski definition) is 0. The second-order valence-corrected chi connectivity index (χ2v) is 21.0. The Labute approximate surface area is 430 Å². The number of allylic oxidation sites excluding steroid dienone is 4. The molecule has 0 N–H and O–H groups in total. The van der Waals surface area contributed by atoms with Crippen LogP contribution in [0.2, 0.25) is 0 Å². The van der Waals surface area contributed by atoms with Crippen LogP contribution in [0, 0.1) is 0 Å². The molecule has 0 bridgehead atoms. The average Bonchev–Trinajstić information content (AvgIpc) is 3.35. The van der Waals surface area contributed by atoms with Gasteiger partial charge < -0.3 is 14.2 Å². The first kappa shape index (κ1) is 66.9. The topological polar surface area (TPSA) is 78.9 Å². The number of rotatable bonds is 57. The lowest BCUT2D eigenvalue weighted by Gasteiger charge is -2.18. The molecule has 0 aliphatic rings. The minimum atomic E-state index is -0.770. The van der Waals surface area contributed by atoms with Crippen LogP contribution in [0.3, 0.4) is 0 Å². The third-order valence-corrected chi connectivity index (χ3v) is 13.9. The zero-order valence-electron chi connectivity index (χ0n) is 46.6. The molecular formula is C63H118O6. The van der Waals surface area contributed by atoms with E-state index >= 15 is 0 Å². The van der Waals surface area contributed by atoms with Gasteiger partial charge in [0, 0.05) is 19.3 Å². The highest BCUT2D eigenvalue weighted by atomic mass is 16.6. The van der Waals surface area contributed by atoms with Crippen molar-refractivity contribution in [3.8, 4) is 0 Å². The van der Waals surface area contributed by atoms with E-state index in [1.807, 2.05) is 0 Å². The van der Waals surface area contributed by atoms with Crippen molar-refractivity contribution >= 4 is 17.9 Å². The fourth-order valence-electron chi connectivity index (χ4n) is 9.26. The van der Waals surface area contributed by atoms with Gasteiger partial charge in [-0.1, -0.05) is 276 Å². The lowest BCUT2D eigenvalue weighted by Crippen LogP contribution is -2.30. The van der Waals surface area contributed by atoms with Crippen LogP contribution in [0.1, 0.15) is 342 Å². The van der Waals surface area contributed by atoms with E-state index in [-0.39, 0.29) is 31.1 Å². The van der Waals surface area contributed by atoms with Crippen LogP contribution in [0.4, 0.5) is 0 Å². The second kappa shape index (κ2) is 58.5. The second-order valence-electron chi connectivity index (χ2n) is 21.0. The number of carbonyl (C=O) groups excluding carboxylic acids is 3. The van der Waals surface area contributed by atoms with Gasteiger partial charge in [0.25, 0.3) is 0 Å². The molecule has 0 aromatic heterocycles. The van der Waals surface area contributed by atoms with Crippen molar-refractivity contribution in [2.75, 3.05) is 13.2 Å². The van der Waals surface area contributed by atoms with Crippen LogP contribution in [0.5, 0.6) is 0 Å². The fraction of sp³-hybridized carbons (Fsp3) is 0.889. The number of ether oxygens (including phenoxy) is 3. The summed E-state index contributed by atoms with van der Waals surface area (Å²) in [5.74, 6) is -0.860. The van der Waals surface area contributed by atoms with E-state index in [0.29, 0.717) is 19.3 Å². The number of unbranched alkanes of at least 4 members (excludes halogenated alkanes) is 42. The molecule has 0 saturated carbocycles. The van der Waals surface area contributed by atoms with Crippen molar-refractivity contribution in [2.45, 2.75) is 348 Å². The largest absolute Gasteiger partial charge is 0.462 e. The maximum absolute atomic E-state index is 12.8. The van der Waals surface area contributed by atoms with Crippen LogP contribution in [0.15, 0.2) is 24.3 Å². The molecule has 69 heavy (non-hydrogen) atoms. The maximum atomic E-state index is 12.8. The average molecular weight is 972 g/mol. The Balaban J connectivity index is 4.12. The van der Waals surface area contributed by atoms with Gasteiger partial charge in [0.15, 0.2) is 6.10 Å². The van der Waals surface area contributed by atoms with E-state index in [1.165, 1.54) is 238 Å². The van der Waals surface area contributed by atoms with Gasteiger partial charge in [-0.3, -0.25) is 14.4 Å². The van der Waals surface area contributed by atoms with Crippen LogP contribution >= 0.6 is 0 Å². The Hall–Kier alpha value is -2.11. The van der Waals surface area contributed by atoms with Gasteiger partial charge in [-0.05, 0) is 70.6 Å². The van der Waals surface area contributed by atoms with Crippen molar-refractivity contribution < 1.29 is 28.6 Å². The normalized spacial score (nSPS) is 12.1. The summed E-state index contributed by atoms with van der Waals surface area (Å²) in [6.45, 7) is 6.66. The monoisotopic (exact) mass is 971 g/mol. The third kappa shape index (κ3) is 56.7. The van der Waals surface area contributed by atoms with Crippen LogP contribution in [0.25, 0.3) is 0 Å². The zero-order valence-corrected chi connectivity index (χ0v) is 46.6. The molecule has 406 valence electrons. The van der Waals surface area contributed by atoms with Crippen LogP contribution in [-0.2, 0) is 28.6 Å². The van der Waals surface area contributed by atoms with Crippen LogP contribution < -0.4 is 0 Å². The molecule has 1 unspecified atom stereocenters. The molecule has 0 spiro atoms. The lowest BCUT2D eigenvalue weighted by molar-refractivity contribution is -0.167. The molecule has 0 fully saturated rings. The summed E-state index contributed by atoms with van der Waals surface area (Å²) in [6.07, 6.45) is 69.1. The summed E-state index contributed by atoms with van der Waals surface area (Å²) in [4.78, 5) is 38.1. The van der Waals surface area contributed by atoms with Crippen molar-refractivity contribution in [2.24, 2.45) is 0 Å². The van der Waals surface area contributed by atoms with Gasteiger partial charge in [-0.25, -0.2) is 0 Å². The van der Waals surface area contributed by atoms with Gasteiger partial charge in [0.1, 0.15) is 13.2 Å². The molecule has 6 heteroatoms. The minimum Gasteiger partial charge on any atom is -0.462 e. The molecule has 6 nitrogen and oxygen atoms in total. The quantitative estimate of drug-likeness (QED) is 0.0261. The van der Waals surface area contributed by atoms with E-state index < -0.39 is 6.10 Å². The summed E-state index contributed by atoms with van der Waals surface area (Å²) in [7, 11) is 0. The first-order valence-electron chi connectivity index (χ1n) is 30.8. The summed E-state index contributed by atoms with van der Waals surface area (Å²) < 4.78 is 16.9. The fourth-order valence-corrected chi connectivity index (χ4v) is 9.26. The molecule has 0 saturated heterocycles. The summed E-state index contributed by atoms with van der Waals surface area (Å²) >= 11 is 0. The van der Waals surface area contributed by atoms with Gasteiger partial charge >= 0.3 is 17.9 Å². The predicted octanol–water partition coefficient (Wildman–Crippen LogP) is 20.7. The maximum Gasteiger partial charge on any atom is 0.306 e. The molecule has 0 aliphatic heterocycles. The van der Waals surface area contributed by atoms with E-state index in [4.69, 9.17) is 14.2 Å². The molecule has 0 aliphatic carbocycles. The highest BCUT2D eigenvalue weighted by molar-refractivity contribution is 5.71. The van der Waals surface area contributed by atoms with Crippen molar-refractivity contribution in [1.82, 2.24) is 0 Å². The van der Waals surface area contributed by atoms with Crippen molar-refractivity contribution in [3.05, 3.63) is 24.3 Å². The molecule has 0 radical (unpaired) electrons. The van der Waals surface area contributed by atoms with E-state index in [0.717, 1.165) is 64.2 Å². The van der Waals surface area contributed by atoms with Gasteiger partial charge in [-0.2, -0.15) is 0 Å². The molecule has 0 aromatic carbocycles. The SMILES string of the molecule is CCCCCCC/C=C\CCCCCCCC(=O)OC(COC(=O)CCCCCCCCCCCC)COC(=O)CCCCCCCCCCCCCCCCC/C=C\CCCCCCCCCC. The summed E-state index contributed by atoms with van der Waals surface area (Å²) in [6, 6.07) is 0. The molecular weight excluding hydrogens is 853 g/mol. The number of esters is 3.